The summed E-state index contributed by atoms with van der Waals surface area (Å²) in [5.74, 6) is 1.37. The van der Waals surface area contributed by atoms with Crippen LogP contribution in [0.1, 0.15) is 22.2 Å². The molecule has 1 aliphatic carbocycles. The van der Waals surface area contributed by atoms with E-state index < -0.39 is 0 Å². The summed E-state index contributed by atoms with van der Waals surface area (Å²) in [6.45, 7) is 6.67. The van der Waals surface area contributed by atoms with Gasteiger partial charge >= 0.3 is 0 Å². The molecular weight excluding hydrogens is 108 g/mol. The molecule has 0 fully saturated rings. The molecule has 0 aliphatic heterocycles. The van der Waals surface area contributed by atoms with Crippen molar-refractivity contribution in [1.29, 1.82) is 0 Å². The van der Waals surface area contributed by atoms with Gasteiger partial charge in [-0.3, -0.25) is 0 Å². The summed E-state index contributed by atoms with van der Waals surface area (Å²) in [6, 6.07) is 0. The molecular formula is C9H16. The Kier molecular flexibility index (Phi) is 1.75. The molecule has 0 aromatic rings. The SMILES string of the molecule is CC1C=CC(C(C)C)=C1.[HH]. The molecule has 9 heavy (non-hydrogen) atoms. The highest BCUT2D eigenvalue weighted by Gasteiger charge is 2.06. The van der Waals surface area contributed by atoms with Gasteiger partial charge in [0.1, 0.15) is 0 Å². The van der Waals surface area contributed by atoms with Crippen molar-refractivity contribution in [2.45, 2.75) is 20.8 Å². The zero-order chi connectivity index (χ0) is 6.85. The Hall–Kier alpha value is -0.520. The smallest absolute Gasteiger partial charge is 0 e. The Morgan fingerprint density at radius 1 is 1.56 bits per heavy atom. The molecule has 0 saturated carbocycles. The summed E-state index contributed by atoms with van der Waals surface area (Å²) in [5.41, 5.74) is 1.49. The van der Waals surface area contributed by atoms with E-state index >= 15 is 0 Å². The van der Waals surface area contributed by atoms with Crippen molar-refractivity contribution in [2.75, 3.05) is 0 Å². The Balaban J connectivity index is 0.000000810. The summed E-state index contributed by atoms with van der Waals surface area (Å²) in [7, 11) is 0. The number of allylic oxidation sites excluding steroid dienone is 4. The second kappa shape index (κ2) is 2.38. The van der Waals surface area contributed by atoms with E-state index in [0.29, 0.717) is 11.8 Å². The first-order valence-corrected chi connectivity index (χ1v) is 3.60. The Morgan fingerprint density at radius 3 is 2.44 bits per heavy atom. The highest BCUT2D eigenvalue weighted by Crippen LogP contribution is 2.21. The van der Waals surface area contributed by atoms with Crippen molar-refractivity contribution < 1.29 is 1.43 Å². The molecule has 0 heteroatoms. The number of rotatable bonds is 1. The fourth-order valence-electron chi connectivity index (χ4n) is 1.06. The summed E-state index contributed by atoms with van der Waals surface area (Å²) in [4.78, 5) is 0. The minimum Gasteiger partial charge on any atom is -0.0776 e. The monoisotopic (exact) mass is 124 g/mol. The second-order valence-electron chi connectivity index (χ2n) is 3.04. The zero-order valence-electron chi connectivity index (χ0n) is 6.39. The third-order valence-corrected chi connectivity index (χ3v) is 1.71. The lowest BCUT2D eigenvalue weighted by atomic mass is 10.0. The van der Waals surface area contributed by atoms with E-state index in [-0.39, 0.29) is 1.43 Å². The van der Waals surface area contributed by atoms with E-state index in [2.05, 4.69) is 39.0 Å². The largest absolute Gasteiger partial charge is 0.0776 e. The second-order valence-corrected chi connectivity index (χ2v) is 3.04. The molecule has 1 aliphatic rings. The maximum atomic E-state index is 2.32. The quantitative estimate of drug-likeness (QED) is 0.504. The average Bonchev–Trinajstić information content (AvgIpc) is 2.14. The molecule has 0 aromatic heterocycles. The maximum absolute atomic E-state index is 2.32. The van der Waals surface area contributed by atoms with Crippen LogP contribution in [0, 0.1) is 11.8 Å². The maximum Gasteiger partial charge on any atom is 0 e. The molecule has 0 aromatic carbocycles. The van der Waals surface area contributed by atoms with Gasteiger partial charge in [-0.15, -0.1) is 0 Å². The van der Waals surface area contributed by atoms with Crippen LogP contribution in [0.2, 0.25) is 0 Å². The first-order chi connectivity index (χ1) is 4.20. The predicted molar refractivity (Wildman–Crippen MR) is 43.3 cm³/mol. The highest BCUT2D eigenvalue weighted by molar-refractivity contribution is 5.29. The molecule has 0 heterocycles. The van der Waals surface area contributed by atoms with Gasteiger partial charge in [-0.05, 0) is 17.4 Å². The van der Waals surface area contributed by atoms with Crippen LogP contribution in [0.4, 0.5) is 0 Å². The van der Waals surface area contributed by atoms with Gasteiger partial charge in [0, 0.05) is 1.43 Å². The van der Waals surface area contributed by atoms with E-state index in [0.717, 1.165) is 0 Å². The van der Waals surface area contributed by atoms with Gasteiger partial charge in [0.25, 0.3) is 0 Å². The number of hydrogen-bond acceptors (Lipinski definition) is 0. The lowest BCUT2D eigenvalue weighted by molar-refractivity contribution is 0.786. The van der Waals surface area contributed by atoms with Gasteiger partial charge in [-0.25, -0.2) is 0 Å². The summed E-state index contributed by atoms with van der Waals surface area (Å²) >= 11 is 0. The van der Waals surface area contributed by atoms with Gasteiger partial charge in [0.2, 0.25) is 0 Å². The van der Waals surface area contributed by atoms with Crippen molar-refractivity contribution in [1.82, 2.24) is 0 Å². The molecule has 1 rings (SSSR count). The fraction of sp³-hybridized carbons (Fsp3) is 0.556. The Morgan fingerprint density at radius 2 is 2.22 bits per heavy atom. The Labute approximate surface area is 58.8 Å². The molecule has 52 valence electrons. The molecule has 1 atom stereocenters. The van der Waals surface area contributed by atoms with Crippen LogP contribution < -0.4 is 0 Å². The first-order valence-electron chi connectivity index (χ1n) is 3.60. The van der Waals surface area contributed by atoms with E-state index in [1.54, 1.807) is 0 Å². The van der Waals surface area contributed by atoms with Gasteiger partial charge in [-0.2, -0.15) is 0 Å². The summed E-state index contributed by atoms with van der Waals surface area (Å²) < 4.78 is 0. The van der Waals surface area contributed by atoms with E-state index in [1.165, 1.54) is 5.57 Å². The topological polar surface area (TPSA) is 0 Å². The van der Waals surface area contributed by atoms with Crippen molar-refractivity contribution in [3.05, 3.63) is 23.8 Å². The number of hydrogen-bond donors (Lipinski definition) is 0. The summed E-state index contributed by atoms with van der Waals surface area (Å²) in [5, 5.41) is 0. The molecule has 1 unspecified atom stereocenters. The third kappa shape index (κ3) is 1.44. The van der Waals surface area contributed by atoms with E-state index in [4.69, 9.17) is 0 Å². The molecule has 0 saturated heterocycles. The van der Waals surface area contributed by atoms with Crippen LogP contribution in [0.3, 0.4) is 0 Å². The predicted octanol–water partition coefficient (Wildman–Crippen LogP) is 3.02. The van der Waals surface area contributed by atoms with Crippen molar-refractivity contribution >= 4 is 0 Å². The van der Waals surface area contributed by atoms with Crippen molar-refractivity contribution in [3.63, 3.8) is 0 Å². The van der Waals surface area contributed by atoms with Crippen LogP contribution in [0.25, 0.3) is 0 Å². The minimum absolute atomic E-state index is 0. The lowest BCUT2D eigenvalue weighted by Gasteiger charge is -2.01. The molecule has 0 amide bonds. The van der Waals surface area contributed by atoms with Gasteiger partial charge < -0.3 is 0 Å². The van der Waals surface area contributed by atoms with Crippen LogP contribution in [0.15, 0.2) is 23.8 Å². The minimum atomic E-state index is 0. The Bertz CT molecular complexity index is 154. The standard InChI is InChI=1S/C9H14.H2/c1-7(2)9-5-4-8(3)6-9;/h4-8H,1-3H3;1H. The fourth-order valence-corrected chi connectivity index (χ4v) is 1.06. The molecule has 0 nitrogen and oxygen atoms in total. The highest BCUT2D eigenvalue weighted by atomic mass is 14.1. The van der Waals surface area contributed by atoms with Gasteiger partial charge in [0.05, 0.1) is 0 Å². The first kappa shape index (κ1) is 6.60. The normalized spacial score (nSPS) is 25.3. The summed E-state index contributed by atoms with van der Waals surface area (Å²) in [6.07, 6.45) is 6.80. The van der Waals surface area contributed by atoms with Gasteiger partial charge in [-0.1, -0.05) is 39.0 Å². The zero-order valence-corrected chi connectivity index (χ0v) is 6.39. The average molecular weight is 124 g/mol. The molecule has 0 radical (unpaired) electrons. The van der Waals surface area contributed by atoms with E-state index in [1.807, 2.05) is 0 Å². The molecule has 0 N–H and O–H groups in total. The lowest BCUT2D eigenvalue weighted by Crippen LogP contribution is -1.87. The van der Waals surface area contributed by atoms with Crippen LogP contribution in [-0.2, 0) is 0 Å². The van der Waals surface area contributed by atoms with Gasteiger partial charge in [0.15, 0.2) is 0 Å². The van der Waals surface area contributed by atoms with Crippen LogP contribution in [-0.4, -0.2) is 0 Å². The van der Waals surface area contributed by atoms with E-state index in [9.17, 15) is 0 Å². The van der Waals surface area contributed by atoms with Crippen LogP contribution in [0.5, 0.6) is 0 Å². The molecule has 0 bridgehead atoms. The molecule has 0 spiro atoms. The van der Waals surface area contributed by atoms with Crippen molar-refractivity contribution in [2.24, 2.45) is 11.8 Å². The van der Waals surface area contributed by atoms with Crippen molar-refractivity contribution in [3.8, 4) is 0 Å². The third-order valence-electron chi connectivity index (χ3n) is 1.71. The van der Waals surface area contributed by atoms with Crippen LogP contribution >= 0.6 is 0 Å².